The summed E-state index contributed by atoms with van der Waals surface area (Å²) >= 11 is 0. The molecule has 0 radical (unpaired) electrons. The molecular formula is C18H24N4O2. The van der Waals surface area contributed by atoms with Crippen molar-refractivity contribution in [3.05, 3.63) is 47.8 Å². The van der Waals surface area contributed by atoms with Crippen molar-refractivity contribution in [3.63, 3.8) is 0 Å². The standard InChI is InChI=1S/C18H24N4O2/c1-13(11-14-4-6-16(23)7-5-14)20-18(24)17-8-10-22(21-17)15-3-2-9-19-12-15/h4-8,10,13,15,19,23H,2-3,9,11-12H2,1H3,(H,20,24). The number of carbonyl (C=O) groups is 1. The Morgan fingerprint density at radius 2 is 2.21 bits per heavy atom. The van der Waals surface area contributed by atoms with Crippen molar-refractivity contribution >= 4 is 5.91 Å². The zero-order chi connectivity index (χ0) is 16.9. The fourth-order valence-electron chi connectivity index (χ4n) is 3.06. The minimum atomic E-state index is -0.149. The molecule has 1 aromatic carbocycles. The molecule has 0 aliphatic carbocycles. The fraction of sp³-hybridized carbons (Fsp3) is 0.444. The van der Waals surface area contributed by atoms with E-state index in [1.807, 2.05) is 29.9 Å². The summed E-state index contributed by atoms with van der Waals surface area (Å²) in [4.78, 5) is 12.4. The van der Waals surface area contributed by atoms with Crippen molar-refractivity contribution in [1.29, 1.82) is 0 Å². The number of rotatable bonds is 5. The number of aromatic nitrogens is 2. The highest BCUT2D eigenvalue weighted by Gasteiger charge is 2.18. The van der Waals surface area contributed by atoms with E-state index in [0.717, 1.165) is 31.5 Å². The van der Waals surface area contributed by atoms with Crippen LogP contribution >= 0.6 is 0 Å². The van der Waals surface area contributed by atoms with Crippen LogP contribution in [-0.2, 0) is 6.42 Å². The number of aromatic hydroxyl groups is 1. The predicted molar refractivity (Wildman–Crippen MR) is 92.1 cm³/mol. The SMILES string of the molecule is CC(Cc1ccc(O)cc1)NC(=O)c1ccn(C2CCCNC2)n1. The molecule has 2 atom stereocenters. The molecular weight excluding hydrogens is 304 g/mol. The fourth-order valence-corrected chi connectivity index (χ4v) is 3.06. The van der Waals surface area contributed by atoms with Crippen LogP contribution in [0.25, 0.3) is 0 Å². The predicted octanol–water partition coefficient (Wildman–Crippen LogP) is 1.87. The third kappa shape index (κ3) is 4.14. The Labute approximate surface area is 141 Å². The van der Waals surface area contributed by atoms with E-state index < -0.39 is 0 Å². The molecule has 1 saturated heterocycles. The number of nitrogens with zero attached hydrogens (tertiary/aromatic N) is 2. The maximum Gasteiger partial charge on any atom is 0.271 e. The highest BCUT2D eigenvalue weighted by Crippen LogP contribution is 2.16. The Morgan fingerprint density at radius 3 is 2.92 bits per heavy atom. The lowest BCUT2D eigenvalue weighted by Crippen LogP contribution is -2.35. The average molecular weight is 328 g/mol. The number of amides is 1. The summed E-state index contributed by atoms with van der Waals surface area (Å²) in [7, 11) is 0. The van der Waals surface area contributed by atoms with Crippen LogP contribution in [0.5, 0.6) is 5.75 Å². The number of piperidine rings is 1. The van der Waals surface area contributed by atoms with E-state index in [-0.39, 0.29) is 17.7 Å². The molecule has 3 N–H and O–H groups in total. The van der Waals surface area contributed by atoms with Gasteiger partial charge in [-0.25, -0.2) is 0 Å². The summed E-state index contributed by atoms with van der Waals surface area (Å²) in [6.45, 7) is 3.92. The van der Waals surface area contributed by atoms with Crippen LogP contribution in [0.15, 0.2) is 36.5 Å². The second kappa shape index (κ2) is 7.49. The van der Waals surface area contributed by atoms with Crippen molar-refractivity contribution in [2.75, 3.05) is 13.1 Å². The molecule has 2 unspecified atom stereocenters. The second-order valence-corrected chi connectivity index (χ2v) is 6.43. The van der Waals surface area contributed by atoms with Crippen LogP contribution in [0.1, 0.15) is 41.9 Å². The Bertz CT molecular complexity index is 675. The average Bonchev–Trinajstić information content (AvgIpc) is 3.08. The minimum Gasteiger partial charge on any atom is -0.508 e. The molecule has 6 nitrogen and oxygen atoms in total. The zero-order valence-electron chi connectivity index (χ0n) is 13.9. The zero-order valence-corrected chi connectivity index (χ0v) is 13.9. The van der Waals surface area contributed by atoms with Crippen LogP contribution in [0.3, 0.4) is 0 Å². The van der Waals surface area contributed by atoms with Crippen LogP contribution in [-0.4, -0.2) is 39.9 Å². The maximum atomic E-state index is 12.4. The van der Waals surface area contributed by atoms with Crippen LogP contribution in [0.2, 0.25) is 0 Å². The van der Waals surface area contributed by atoms with E-state index in [1.54, 1.807) is 18.2 Å². The van der Waals surface area contributed by atoms with E-state index in [1.165, 1.54) is 0 Å². The molecule has 3 rings (SSSR count). The van der Waals surface area contributed by atoms with Crippen LogP contribution in [0, 0.1) is 0 Å². The molecule has 1 aliphatic heterocycles. The third-order valence-corrected chi connectivity index (χ3v) is 4.34. The maximum absolute atomic E-state index is 12.4. The minimum absolute atomic E-state index is 0.0106. The Kier molecular flexibility index (Phi) is 5.15. The first-order chi connectivity index (χ1) is 11.6. The third-order valence-electron chi connectivity index (χ3n) is 4.34. The van der Waals surface area contributed by atoms with Gasteiger partial charge in [0.1, 0.15) is 11.4 Å². The smallest absolute Gasteiger partial charge is 0.271 e. The quantitative estimate of drug-likeness (QED) is 0.783. The first-order valence-corrected chi connectivity index (χ1v) is 8.46. The molecule has 1 aromatic heterocycles. The summed E-state index contributed by atoms with van der Waals surface area (Å²) < 4.78 is 1.89. The molecule has 0 spiro atoms. The van der Waals surface area contributed by atoms with Crippen molar-refractivity contribution in [1.82, 2.24) is 20.4 Å². The van der Waals surface area contributed by atoms with E-state index in [0.29, 0.717) is 18.2 Å². The molecule has 2 heterocycles. The lowest BCUT2D eigenvalue weighted by Gasteiger charge is -2.22. The number of hydrogen-bond donors (Lipinski definition) is 3. The highest BCUT2D eigenvalue weighted by molar-refractivity contribution is 5.92. The number of hydrogen-bond acceptors (Lipinski definition) is 4. The summed E-state index contributed by atoms with van der Waals surface area (Å²) in [6.07, 6.45) is 4.82. The van der Waals surface area contributed by atoms with Gasteiger partial charge in [-0.05, 0) is 56.5 Å². The topological polar surface area (TPSA) is 79.2 Å². The van der Waals surface area contributed by atoms with Crippen molar-refractivity contribution < 1.29 is 9.90 Å². The Morgan fingerprint density at radius 1 is 1.42 bits per heavy atom. The molecule has 0 bridgehead atoms. The number of carbonyl (C=O) groups excluding carboxylic acids is 1. The van der Waals surface area contributed by atoms with Gasteiger partial charge in [-0.2, -0.15) is 5.10 Å². The Hall–Kier alpha value is -2.34. The van der Waals surface area contributed by atoms with Crippen molar-refractivity contribution in [2.45, 2.75) is 38.3 Å². The largest absolute Gasteiger partial charge is 0.508 e. The van der Waals surface area contributed by atoms with Gasteiger partial charge in [0.05, 0.1) is 6.04 Å². The molecule has 128 valence electrons. The number of phenolic OH excluding ortho intramolecular Hbond substituents is 1. The highest BCUT2D eigenvalue weighted by atomic mass is 16.3. The van der Waals surface area contributed by atoms with Crippen LogP contribution < -0.4 is 10.6 Å². The van der Waals surface area contributed by atoms with E-state index >= 15 is 0 Å². The second-order valence-electron chi connectivity index (χ2n) is 6.43. The van der Waals surface area contributed by atoms with Gasteiger partial charge in [0, 0.05) is 18.8 Å². The van der Waals surface area contributed by atoms with Crippen molar-refractivity contribution in [2.24, 2.45) is 0 Å². The number of phenols is 1. The van der Waals surface area contributed by atoms with Gasteiger partial charge < -0.3 is 15.7 Å². The van der Waals surface area contributed by atoms with Crippen LogP contribution in [0.4, 0.5) is 0 Å². The van der Waals surface area contributed by atoms with E-state index in [9.17, 15) is 9.90 Å². The lowest BCUT2D eigenvalue weighted by molar-refractivity contribution is 0.0933. The van der Waals surface area contributed by atoms with Gasteiger partial charge >= 0.3 is 0 Å². The van der Waals surface area contributed by atoms with Gasteiger partial charge in [-0.3, -0.25) is 9.48 Å². The van der Waals surface area contributed by atoms with Crippen molar-refractivity contribution in [3.8, 4) is 5.75 Å². The molecule has 0 saturated carbocycles. The Balaban J connectivity index is 1.56. The van der Waals surface area contributed by atoms with Gasteiger partial charge in [-0.15, -0.1) is 0 Å². The first kappa shape index (κ1) is 16.5. The summed E-state index contributed by atoms with van der Waals surface area (Å²) in [6, 6.07) is 9.13. The summed E-state index contributed by atoms with van der Waals surface area (Å²) in [5, 5.41) is 20.1. The van der Waals surface area contributed by atoms with E-state index in [4.69, 9.17) is 0 Å². The number of benzene rings is 1. The van der Waals surface area contributed by atoms with Gasteiger partial charge in [0.25, 0.3) is 5.91 Å². The lowest BCUT2D eigenvalue weighted by atomic mass is 10.1. The number of nitrogens with one attached hydrogen (secondary N) is 2. The normalized spacial score (nSPS) is 19.0. The molecule has 1 fully saturated rings. The van der Waals surface area contributed by atoms with E-state index in [2.05, 4.69) is 15.7 Å². The summed E-state index contributed by atoms with van der Waals surface area (Å²) in [5.74, 6) is 0.0991. The van der Waals surface area contributed by atoms with Gasteiger partial charge in [0.2, 0.25) is 0 Å². The molecule has 1 amide bonds. The molecule has 6 heteroatoms. The monoisotopic (exact) mass is 328 g/mol. The molecule has 1 aliphatic rings. The first-order valence-electron chi connectivity index (χ1n) is 8.46. The summed E-state index contributed by atoms with van der Waals surface area (Å²) in [5.41, 5.74) is 1.53. The van der Waals surface area contributed by atoms with Gasteiger partial charge in [-0.1, -0.05) is 12.1 Å². The molecule has 24 heavy (non-hydrogen) atoms. The molecule has 2 aromatic rings. The van der Waals surface area contributed by atoms with Gasteiger partial charge in [0.15, 0.2) is 0 Å².